The number of carbonyl (C=O) groups excluding carboxylic acids is 1. The average Bonchev–Trinajstić information content (AvgIpc) is 2.75. The predicted molar refractivity (Wildman–Crippen MR) is 118 cm³/mol. The third-order valence-electron chi connectivity index (χ3n) is 5.43. The van der Waals surface area contributed by atoms with Gasteiger partial charge in [-0.25, -0.2) is 13.6 Å². The van der Waals surface area contributed by atoms with Crippen LogP contribution in [-0.2, 0) is 17.9 Å². The molecular formula is C25H22ClF2NO2. The largest absolute Gasteiger partial charge is 0.444 e. The highest BCUT2D eigenvalue weighted by Crippen LogP contribution is 2.50. The lowest BCUT2D eigenvalue weighted by Gasteiger charge is -2.36. The van der Waals surface area contributed by atoms with Gasteiger partial charge in [0.05, 0.1) is 6.54 Å². The number of nitrogens with zero attached hydrogens (tertiary/aromatic N) is 1. The van der Waals surface area contributed by atoms with E-state index in [1.807, 2.05) is 60.7 Å². The zero-order chi connectivity index (χ0) is 21.8. The average molecular weight is 442 g/mol. The molecule has 0 saturated heterocycles. The van der Waals surface area contributed by atoms with Gasteiger partial charge in [-0.2, -0.15) is 0 Å². The van der Waals surface area contributed by atoms with Crippen LogP contribution in [0.3, 0.4) is 0 Å². The summed E-state index contributed by atoms with van der Waals surface area (Å²) in [5.74, 6) is -2.88. The number of amides is 1. The number of hydrogen-bond acceptors (Lipinski definition) is 2. The maximum Gasteiger partial charge on any atom is 0.414 e. The first-order chi connectivity index (χ1) is 14.9. The minimum atomic E-state index is -2.62. The molecule has 3 nitrogen and oxygen atoms in total. The zero-order valence-electron chi connectivity index (χ0n) is 16.8. The van der Waals surface area contributed by atoms with Crippen LogP contribution in [0.25, 0.3) is 0 Å². The number of hydrogen-bond donors (Lipinski definition) is 0. The molecule has 160 valence electrons. The van der Waals surface area contributed by atoms with Crippen molar-refractivity contribution in [1.82, 2.24) is 0 Å². The predicted octanol–water partition coefficient (Wildman–Crippen LogP) is 7.20. The van der Waals surface area contributed by atoms with Gasteiger partial charge in [-0.05, 0) is 34.7 Å². The van der Waals surface area contributed by atoms with E-state index >= 15 is 0 Å². The van der Waals surface area contributed by atoms with Crippen molar-refractivity contribution in [3.8, 4) is 0 Å². The van der Waals surface area contributed by atoms with E-state index in [1.54, 1.807) is 18.2 Å². The van der Waals surface area contributed by atoms with Crippen molar-refractivity contribution >= 4 is 23.4 Å². The molecule has 3 aromatic rings. The molecule has 31 heavy (non-hydrogen) atoms. The van der Waals surface area contributed by atoms with Crippen LogP contribution in [0.5, 0.6) is 0 Å². The van der Waals surface area contributed by atoms with Gasteiger partial charge in [0.15, 0.2) is 0 Å². The van der Waals surface area contributed by atoms with Crippen molar-refractivity contribution in [3.63, 3.8) is 0 Å². The van der Waals surface area contributed by atoms with E-state index < -0.39 is 12.0 Å². The summed E-state index contributed by atoms with van der Waals surface area (Å²) in [5, 5.41) is 0.381. The van der Waals surface area contributed by atoms with Gasteiger partial charge in [0.2, 0.25) is 5.92 Å². The molecule has 1 aliphatic rings. The van der Waals surface area contributed by atoms with Gasteiger partial charge >= 0.3 is 6.09 Å². The third-order valence-corrected chi connectivity index (χ3v) is 5.76. The molecule has 0 heterocycles. The number of halogens is 3. The topological polar surface area (TPSA) is 29.5 Å². The van der Waals surface area contributed by atoms with Crippen LogP contribution in [0.1, 0.15) is 35.4 Å². The van der Waals surface area contributed by atoms with Gasteiger partial charge in [-0.3, -0.25) is 4.90 Å². The maximum atomic E-state index is 13.3. The van der Waals surface area contributed by atoms with Gasteiger partial charge < -0.3 is 4.74 Å². The molecule has 0 radical (unpaired) electrons. The number of benzene rings is 3. The number of carbonyl (C=O) groups is 1. The Morgan fingerprint density at radius 2 is 1.58 bits per heavy atom. The minimum Gasteiger partial charge on any atom is -0.444 e. The van der Waals surface area contributed by atoms with Gasteiger partial charge in [0, 0.05) is 23.6 Å². The summed E-state index contributed by atoms with van der Waals surface area (Å²) >= 11 is 6.43. The van der Waals surface area contributed by atoms with Crippen molar-refractivity contribution in [2.45, 2.75) is 37.8 Å². The summed E-state index contributed by atoms with van der Waals surface area (Å²) in [6.45, 7) is 0.444. The quantitative estimate of drug-likeness (QED) is 0.405. The van der Waals surface area contributed by atoms with Gasteiger partial charge in [-0.1, -0.05) is 78.3 Å². The highest BCUT2D eigenvalue weighted by molar-refractivity contribution is 6.31. The summed E-state index contributed by atoms with van der Waals surface area (Å²) in [5.41, 5.74) is 3.06. The van der Waals surface area contributed by atoms with Gasteiger partial charge in [0.25, 0.3) is 0 Å². The maximum absolute atomic E-state index is 13.3. The molecule has 6 heteroatoms. The first-order valence-electron chi connectivity index (χ1n) is 10.1. The lowest BCUT2D eigenvalue weighted by atomic mass is 9.76. The van der Waals surface area contributed by atoms with E-state index in [9.17, 15) is 13.6 Å². The molecule has 0 N–H and O–H groups in total. The molecule has 0 unspecified atom stereocenters. The Balaban J connectivity index is 1.55. The lowest BCUT2D eigenvalue weighted by Crippen LogP contribution is -2.34. The first kappa shape index (κ1) is 21.3. The fraction of sp³-hybridized carbons (Fsp3) is 0.240. The first-order valence-corrected chi connectivity index (χ1v) is 10.5. The molecule has 1 fully saturated rings. The molecule has 0 atom stereocenters. The molecule has 0 bridgehead atoms. The van der Waals surface area contributed by atoms with E-state index in [2.05, 4.69) is 0 Å². The van der Waals surface area contributed by atoms with E-state index in [0.717, 1.165) is 11.1 Å². The van der Waals surface area contributed by atoms with Crippen LogP contribution in [0.2, 0.25) is 5.02 Å². The van der Waals surface area contributed by atoms with Crippen LogP contribution in [0, 0.1) is 0 Å². The second-order valence-electron chi connectivity index (χ2n) is 7.78. The standard InChI is InChI=1S/C25H22ClF2NO2/c26-23-13-21(11-12-22(23)20-14-25(27,28)15-20)29(16-18-7-3-1-4-8-18)24(30)31-17-19-9-5-2-6-10-19/h1-13,20H,14-17H2. The molecule has 0 spiro atoms. The van der Waals surface area contributed by atoms with E-state index in [0.29, 0.717) is 22.8 Å². The van der Waals surface area contributed by atoms with Crippen molar-refractivity contribution in [2.75, 3.05) is 4.90 Å². The fourth-order valence-corrected chi connectivity index (χ4v) is 4.05. The van der Waals surface area contributed by atoms with E-state index in [-0.39, 0.29) is 25.4 Å². The molecule has 0 aliphatic heterocycles. The van der Waals surface area contributed by atoms with Crippen molar-refractivity contribution in [1.29, 1.82) is 0 Å². The van der Waals surface area contributed by atoms with Crippen LogP contribution < -0.4 is 4.90 Å². The smallest absolute Gasteiger partial charge is 0.414 e. The Bertz CT molecular complexity index is 1040. The second kappa shape index (κ2) is 9.06. The Labute approximate surface area is 185 Å². The van der Waals surface area contributed by atoms with Gasteiger partial charge in [0.1, 0.15) is 6.61 Å². The van der Waals surface area contributed by atoms with Crippen molar-refractivity contribution in [3.05, 3.63) is 101 Å². The van der Waals surface area contributed by atoms with Crippen LogP contribution in [0.4, 0.5) is 19.3 Å². The molecular weight excluding hydrogens is 420 g/mol. The molecule has 1 aliphatic carbocycles. The normalized spacial score (nSPS) is 15.2. The minimum absolute atomic E-state index is 0.147. The number of rotatable bonds is 6. The second-order valence-corrected chi connectivity index (χ2v) is 8.19. The van der Waals surface area contributed by atoms with Crippen LogP contribution >= 0.6 is 11.6 Å². The zero-order valence-corrected chi connectivity index (χ0v) is 17.6. The van der Waals surface area contributed by atoms with Crippen LogP contribution in [-0.4, -0.2) is 12.0 Å². The summed E-state index contributed by atoms with van der Waals surface area (Å²) in [6, 6.07) is 24.1. The number of anilines is 1. The SMILES string of the molecule is O=C(OCc1ccccc1)N(Cc1ccccc1)c1ccc(C2CC(F)(F)C2)c(Cl)c1. The molecule has 1 amide bonds. The summed E-state index contributed by atoms with van der Waals surface area (Å²) in [6.07, 6.45) is -0.899. The summed E-state index contributed by atoms with van der Waals surface area (Å²) in [7, 11) is 0. The Morgan fingerprint density at radius 1 is 0.968 bits per heavy atom. The van der Waals surface area contributed by atoms with Crippen LogP contribution in [0.15, 0.2) is 78.9 Å². The third kappa shape index (κ3) is 5.23. The Hall–Kier alpha value is -2.92. The summed E-state index contributed by atoms with van der Waals surface area (Å²) in [4.78, 5) is 14.5. The lowest BCUT2D eigenvalue weighted by molar-refractivity contribution is -0.0867. The highest BCUT2D eigenvalue weighted by Gasteiger charge is 2.46. The van der Waals surface area contributed by atoms with Crippen molar-refractivity contribution < 1.29 is 18.3 Å². The summed E-state index contributed by atoms with van der Waals surface area (Å²) < 4.78 is 32.1. The highest BCUT2D eigenvalue weighted by atomic mass is 35.5. The van der Waals surface area contributed by atoms with E-state index in [1.165, 1.54) is 4.90 Å². The molecule has 4 rings (SSSR count). The number of alkyl halides is 2. The van der Waals surface area contributed by atoms with Gasteiger partial charge in [-0.15, -0.1) is 0 Å². The Kier molecular flexibility index (Phi) is 6.23. The molecule has 0 aromatic heterocycles. The van der Waals surface area contributed by atoms with E-state index in [4.69, 9.17) is 16.3 Å². The van der Waals surface area contributed by atoms with Crippen molar-refractivity contribution in [2.24, 2.45) is 0 Å². The monoisotopic (exact) mass is 441 g/mol. The number of ether oxygens (including phenoxy) is 1. The fourth-order valence-electron chi connectivity index (χ4n) is 3.72. The molecule has 3 aromatic carbocycles. The molecule has 1 saturated carbocycles. The Morgan fingerprint density at radius 3 is 2.16 bits per heavy atom.